The molecule has 0 saturated heterocycles. The van der Waals surface area contributed by atoms with Gasteiger partial charge in [-0.05, 0) is 30.7 Å². The maximum Gasteiger partial charge on any atom is 0.0672 e. The van der Waals surface area contributed by atoms with Crippen molar-refractivity contribution in [3.8, 4) is 6.07 Å². The largest absolute Gasteiger partial charge is 0.301 e. The van der Waals surface area contributed by atoms with E-state index in [9.17, 15) is 0 Å². The van der Waals surface area contributed by atoms with Crippen LogP contribution in [0.2, 0.25) is 0 Å². The second kappa shape index (κ2) is 6.24. The molecular weight excluding hydrogens is 198 g/mol. The second-order valence-electron chi connectivity index (χ2n) is 4.53. The van der Waals surface area contributed by atoms with Gasteiger partial charge in [-0.1, -0.05) is 13.8 Å². The Balaban J connectivity index is 2.48. The van der Waals surface area contributed by atoms with Crippen LogP contribution in [0.5, 0.6) is 0 Å². The first-order valence-electron chi connectivity index (χ1n) is 5.60. The Morgan fingerprint density at radius 3 is 2.50 bits per heavy atom. The highest BCUT2D eigenvalue weighted by atomic mass is 15.1. The Morgan fingerprint density at radius 2 is 2.00 bits per heavy atom. The molecule has 0 amide bonds. The maximum absolute atomic E-state index is 9.02. The topological polar surface area (TPSA) is 39.9 Å². The van der Waals surface area contributed by atoms with Gasteiger partial charge < -0.3 is 4.90 Å². The molecule has 1 aromatic rings. The number of nitriles is 1. The maximum atomic E-state index is 9.02. The Labute approximate surface area is 97.7 Å². The summed E-state index contributed by atoms with van der Waals surface area (Å²) >= 11 is 0. The van der Waals surface area contributed by atoms with Crippen LogP contribution in [0.15, 0.2) is 24.5 Å². The van der Waals surface area contributed by atoms with E-state index in [0.717, 1.165) is 13.1 Å². The SMILES string of the molecule is CC(C)C(C#N)CN(C)Cc1ccncc1. The zero-order valence-corrected chi connectivity index (χ0v) is 10.2. The molecule has 3 nitrogen and oxygen atoms in total. The van der Waals surface area contributed by atoms with Gasteiger partial charge in [0.05, 0.1) is 12.0 Å². The molecule has 0 aliphatic heterocycles. The van der Waals surface area contributed by atoms with Gasteiger partial charge in [-0.25, -0.2) is 0 Å². The van der Waals surface area contributed by atoms with Crippen molar-refractivity contribution in [3.63, 3.8) is 0 Å². The summed E-state index contributed by atoms with van der Waals surface area (Å²) in [5.74, 6) is 0.511. The Kier molecular flexibility index (Phi) is 4.94. The normalized spacial score (nSPS) is 12.8. The summed E-state index contributed by atoms with van der Waals surface area (Å²) in [6, 6.07) is 6.38. The van der Waals surface area contributed by atoms with Gasteiger partial charge in [-0.3, -0.25) is 4.98 Å². The lowest BCUT2D eigenvalue weighted by Crippen LogP contribution is -2.27. The molecular formula is C13H19N3. The monoisotopic (exact) mass is 217 g/mol. The van der Waals surface area contributed by atoms with Crippen LogP contribution in [0.1, 0.15) is 19.4 Å². The number of hydrogen-bond acceptors (Lipinski definition) is 3. The number of rotatable bonds is 5. The van der Waals surface area contributed by atoms with Crippen LogP contribution in [0.3, 0.4) is 0 Å². The van der Waals surface area contributed by atoms with Gasteiger partial charge in [0, 0.05) is 25.5 Å². The molecule has 0 aliphatic rings. The molecule has 1 unspecified atom stereocenters. The van der Waals surface area contributed by atoms with E-state index in [0.29, 0.717) is 5.92 Å². The zero-order chi connectivity index (χ0) is 12.0. The molecule has 3 heteroatoms. The Hall–Kier alpha value is -1.40. The Morgan fingerprint density at radius 1 is 1.38 bits per heavy atom. The third kappa shape index (κ3) is 4.00. The van der Waals surface area contributed by atoms with E-state index in [1.165, 1.54) is 5.56 Å². The predicted octanol–water partition coefficient (Wildman–Crippen LogP) is 2.31. The van der Waals surface area contributed by atoms with E-state index in [4.69, 9.17) is 5.26 Å². The van der Waals surface area contributed by atoms with Gasteiger partial charge >= 0.3 is 0 Å². The third-order valence-electron chi connectivity index (χ3n) is 2.68. The van der Waals surface area contributed by atoms with Crippen LogP contribution in [-0.4, -0.2) is 23.5 Å². The van der Waals surface area contributed by atoms with Crippen LogP contribution < -0.4 is 0 Å². The molecule has 0 bridgehead atoms. The van der Waals surface area contributed by atoms with Crippen molar-refractivity contribution in [1.29, 1.82) is 5.26 Å². The van der Waals surface area contributed by atoms with Crippen molar-refractivity contribution in [2.45, 2.75) is 20.4 Å². The van der Waals surface area contributed by atoms with E-state index in [1.807, 2.05) is 19.2 Å². The number of aromatic nitrogens is 1. The molecule has 1 rings (SSSR count). The molecule has 0 spiro atoms. The van der Waals surface area contributed by atoms with Crippen LogP contribution in [0.4, 0.5) is 0 Å². The van der Waals surface area contributed by atoms with Crippen LogP contribution in [0.25, 0.3) is 0 Å². The quantitative estimate of drug-likeness (QED) is 0.759. The highest BCUT2D eigenvalue weighted by molar-refractivity contribution is 5.09. The molecule has 0 aromatic carbocycles. The van der Waals surface area contributed by atoms with Crippen molar-refractivity contribution in [3.05, 3.63) is 30.1 Å². The summed E-state index contributed by atoms with van der Waals surface area (Å²) < 4.78 is 0. The fraction of sp³-hybridized carbons (Fsp3) is 0.538. The second-order valence-corrected chi connectivity index (χ2v) is 4.53. The minimum atomic E-state index is 0.104. The summed E-state index contributed by atoms with van der Waals surface area (Å²) in [5.41, 5.74) is 1.23. The molecule has 86 valence electrons. The first kappa shape index (κ1) is 12.7. The number of pyridine rings is 1. The van der Waals surface area contributed by atoms with Crippen molar-refractivity contribution in [1.82, 2.24) is 9.88 Å². The van der Waals surface area contributed by atoms with E-state index < -0.39 is 0 Å². The molecule has 0 fully saturated rings. The van der Waals surface area contributed by atoms with Crippen LogP contribution >= 0.6 is 0 Å². The zero-order valence-electron chi connectivity index (χ0n) is 10.2. The summed E-state index contributed by atoms with van der Waals surface area (Å²) in [4.78, 5) is 6.17. The standard InChI is InChI=1S/C13H19N3/c1-11(2)13(8-14)10-16(3)9-12-4-6-15-7-5-12/h4-7,11,13H,9-10H2,1-3H3. The first-order chi connectivity index (χ1) is 7.63. The summed E-state index contributed by atoms with van der Waals surface area (Å²) in [5, 5.41) is 9.02. The minimum absolute atomic E-state index is 0.104. The molecule has 0 aliphatic carbocycles. The van der Waals surface area contributed by atoms with Crippen molar-refractivity contribution < 1.29 is 0 Å². The smallest absolute Gasteiger partial charge is 0.0672 e. The molecule has 0 radical (unpaired) electrons. The summed E-state index contributed by atoms with van der Waals surface area (Å²) in [7, 11) is 2.05. The van der Waals surface area contributed by atoms with Crippen molar-refractivity contribution in [2.24, 2.45) is 11.8 Å². The molecule has 0 N–H and O–H groups in total. The van der Waals surface area contributed by atoms with Gasteiger partial charge in [0.15, 0.2) is 0 Å². The fourth-order valence-corrected chi connectivity index (χ4v) is 1.60. The average Bonchev–Trinajstić information content (AvgIpc) is 2.27. The first-order valence-corrected chi connectivity index (χ1v) is 5.60. The Bertz CT molecular complexity index is 340. The van der Waals surface area contributed by atoms with Gasteiger partial charge in [0.1, 0.15) is 0 Å². The number of hydrogen-bond donors (Lipinski definition) is 0. The third-order valence-corrected chi connectivity index (χ3v) is 2.68. The van der Waals surface area contributed by atoms with Crippen LogP contribution in [-0.2, 0) is 6.54 Å². The lowest BCUT2D eigenvalue weighted by molar-refractivity contribution is 0.265. The molecule has 16 heavy (non-hydrogen) atoms. The highest BCUT2D eigenvalue weighted by Gasteiger charge is 2.14. The fourth-order valence-electron chi connectivity index (χ4n) is 1.60. The lowest BCUT2D eigenvalue weighted by Gasteiger charge is -2.21. The summed E-state index contributed by atoms with van der Waals surface area (Å²) in [6.07, 6.45) is 3.60. The van der Waals surface area contributed by atoms with E-state index in [-0.39, 0.29) is 5.92 Å². The van der Waals surface area contributed by atoms with Gasteiger partial charge in [0.2, 0.25) is 0 Å². The molecule has 1 aromatic heterocycles. The van der Waals surface area contributed by atoms with Crippen molar-refractivity contribution in [2.75, 3.05) is 13.6 Å². The van der Waals surface area contributed by atoms with Gasteiger partial charge in [-0.15, -0.1) is 0 Å². The average molecular weight is 217 g/mol. The van der Waals surface area contributed by atoms with Crippen molar-refractivity contribution >= 4 is 0 Å². The van der Waals surface area contributed by atoms with Gasteiger partial charge in [0.25, 0.3) is 0 Å². The van der Waals surface area contributed by atoms with Crippen LogP contribution in [0, 0.1) is 23.2 Å². The highest BCUT2D eigenvalue weighted by Crippen LogP contribution is 2.12. The number of nitrogens with zero attached hydrogens (tertiary/aromatic N) is 3. The van der Waals surface area contributed by atoms with Gasteiger partial charge in [-0.2, -0.15) is 5.26 Å². The van der Waals surface area contributed by atoms with E-state index >= 15 is 0 Å². The lowest BCUT2D eigenvalue weighted by atomic mass is 9.97. The summed E-state index contributed by atoms with van der Waals surface area (Å²) in [6.45, 7) is 5.87. The molecule has 1 heterocycles. The predicted molar refractivity (Wildman–Crippen MR) is 64.5 cm³/mol. The molecule has 1 atom stereocenters. The minimum Gasteiger partial charge on any atom is -0.301 e. The van der Waals surface area contributed by atoms with E-state index in [2.05, 4.69) is 29.8 Å². The molecule has 0 saturated carbocycles. The van der Waals surface area contributed by atoms with E-state index in [1.54, 1.807) is 12.4 Å².